The van der Waals surface area contributed by atoms with Crippen molar-refractivity contribution in [3.05, 3.63) is 140 Å². The quantitative estimate of drug-likeness (QED) is 0.205. The first-order chi connectivity index (χ1) is 21.8. The molecule has 0 bridgehead atoms. The zero-order valence-corrected chi connectivity index (χ0v) is 24.3. The first-order valence-corrected chi connectivity index (χ1v) is 15.7. The first-order valence-electron chi connectivity index (χ1n) is 14.8. The van der Waals surface area contributed by atoms with Gasteiger partial charge in [-0.25, -0.2) is 9.97 Å². The molecule has 0 radical (unpaired) electrons. The fraction of sp³-hybridized carbons (Fsp3) is 0. The van der Waals surface area contributed by atoms with Gasteiger partial charge in [-0.2, -0.15) is 0 Å². The molecule has 0 saturated carbocycles. The molecule has 4 heteroatoms. The number of thiophene rings is 1. The lowest BCUT2D eigenvalue weighted by Crippen LogP contribution is -2.03. The van der Waals surface area contributed by atoms with Gasteiger partial charge >= 0.3 is 0 Å². The number of hydrogen-bond acceptors (Lipinski definition) is 3. The van der Waals surface area contributed by atoms with Crippen LogP contribution in [0.2, 0.25) is 0 Å². The summed E-state index contributed by atoms with van der Waals surface area (Å²) in [6.45, 7) is 0. The van der Waals surface area contributed by atoms with E-state index in [1.807, 2.05) is 11.3 Å². The molecule has 0 unspecified atom stereocenters. The molecule has 0 aliphatic heterocycles. The Morgan fingerprint density at radius 1 is 0.500 bits per heavy atom. The Bertz CT molecular complexity index is 2790. The highest BCUT2D eigenvalue weighted by atomic mass is 32.1. The normalized spacial score (nSPS) is 12.1. The molecule has 3 heterocycles. The summed E-state index contributed by atoms with van der Waals surface area (Å²) in [6, 6.07) is 49.8. The summed E-state index contributed by atoms with van der Waals surface area (Å²) in [7, 11) is 0. The minimum Gasteiger partial charge on any atom is -0.277 e. The lowest BCUT2D eigenvalue weighted by atomic mass is 10.00. The van der Waals surface area contributed by atoms with Gasteiger partial charge in [0.25, 0.3) is 0 Å². The number of rotatable bonds is 2. The zero-order chi connectivity index (χ0) is 28.8. The third-order valence-corrected chi connectivity index (χ3v) is 10.2. The predicted molar refractivity (Wildman–Crippen MR) is 187 cm³/mol. The monoisotopic (exact) mass is 577 g/mol. The second-order valence-corrected chi connectivity index (χ2v) is 12.4. The van der Waals surface area contributed by atoms with Crippen LogP contribution >= 0.6 is 11.3 Å². The van der Waals surface area contributed by atoms with Gasteiger partial charge in [0.1, 0.15) is 0 Å². The molecule has 10 rings (SSSR count). The van der Waals surface area contributed by atoms with Crippen molar-refractivity contribution in [1.29, 1.82) is 0 Å². The molecule has 0 atom stereocenters. The lowest BCUT2D eigenvalue weighted by molar-refractivity contribution is 1.02. The second kappa shape index (κ2) is 8.96. The van der Waals surface area contributed by atoms with Crippen molar-refractivity contribution in [3.63, 3.8) is 0 Å². The molecule has 0 N–H and O–H groups in total. The van der Waals surface area contributed by atoms with Crippen LogP contribution in [-0.4, -0.2) is 14.5 Å². The molecular formula is C40H23N3S. The average Bonchev–Trinajstić information content (AvgIpc) is 3.64. The van der Waals surface area contributed by atoms with Gasteiger partial charge < -0.3 is 0 Å². The topological polar surface area (TPSA) is 30.7 Å². The molecule has 0 saturated heterocycles. The maximum atomic E-state index is 5.41. The van der Waals surface area contributed by atoms with E-state index in [1.54, 1.807) is 0 Å². The number of fused-ring (bicyclic) bond motifs is 12. The molecule has 10 aromatic rings. The van der Waals surface area contributed by atoms with Crippen LogP contribution in [0.25, 0.3) is 91.6 Å². The molecule has 204 valence electrons. The van der Waals surface area contributed by atoms with E-state index in [1.165, 1.54) is 52.5 Å². The summed E-state index contributed by atoms with van der Waals surface area (Å²) >= 11 is 1.88. The van der Waals surface area contributed by atoms with E-state index in [9.17, 15) is 0 Å². The Morgan fingerprint density at radius 2 is 1.18 bits per heavy atom. The minimum absolute atomic E-state index is 0.684. The number of para-hydroxylation sites is 2. The Labute approximate surface area is 256 Å². The van der Waals surface area contributed by atoms with Gasteiger partial charge in [0, 0.05) is 47.3 Å². The summed E-state index contributed by atoms with van der Waals surface area (Å²) in [5, 5.41) is 11.0. The zero-order valence-electron chi connectivity index (χ0n) is 23.5. The van der Waals surface area contributed by atoms with Crippen LogP contribution < -0.4 is 0 Å². The molecule has 0 fully saturated rings. The van der Waals surface area contributed by atoms with Crippen molar-refractivity contribution < 1.29 is 0 Å². The smallest absolute Gasteiger partial charge is 0.235 e. The van der Waals surface area contributed by atoms with Gasteiger partial charge in [-0.3, -0.25) is 4.57 Å². The van der Waals surface area contributed by atoms with Crippen molar-refractivity contribution in [2.75, 3.05) is 0 Å². The Hall–Kier alpha value is -5.58. The summed E-state index contributed by atoms with van der Waals surface area (Å²) in [5.74, 6) is 0.684. The Balaban J connectivity index is 1.39. The van der Waals surface area contributed by atoms with Gasteiger partial charge in [-0.1, -0.05) is 115 Å². The molecular weight excluding hydrogens is 555 g/mol. The standard InChI is InChI=1S/C40H23N3S/c1-2-12-25-23-26(22-21-24(25)11-1)37-29-15-5-8-18-32(29)41-40(42-37)43-33-19-9-6-16-30(33)36-38(43)28-14-4-3-13-27(28)35-31-17-7-10-20-34(31)44-39(35)36/h1-23H. The first kappa shape index (κ1) is 23.9. The van der Waals surface area contributed by atoms with Gasteiger partial charge in [0.2, 0.25) is 5.95 Å². The van der Waals surface area contributed by atoms with E-state index in [2.05, 4.69) is 144 Å². The maximum absolute atomic E-state index is 5.41. The van der Waals surface area contributed by atoms with E-state index < -0.39 is 0 Å². The summed E-state index contributed by atoms with van der Waals surface area (Å²) < 4.78 is 4.91. The third-order valence-electron chi connectivity index (χ3n) is 8.96. The molecule has 7 aromatic carbocycles. The highest BCUT2D eigenvalue weighted by molar-refractivity contribution is 7.27. The number of hydrogen-bond donors (Lipinski definition) is 0. The molecule has 0 aliphatic rings. The van der Waals surface area contributed by atoms with Crippen LogP contribution in [0, 0.1) is 0 Å². The van der Waals surface area contributed by atoms with E-state index in [0.717, 1.165) is 33.2 Å². The molecule has 0 aliphatic carbocycles. The summed E-state index contributed by atoms with van der Waals surface area (Å²) in [5.41, 5.74) is 5.22. The van der Waals surface area contributed by atoms with E-state index >= 15 is 0 Å². The maximum Gasteiger partial charge on any atom is 0.235 e. The van der Waals surface area contributed by atoms with Crippen LogP contribution in [0.3, 0.4) is 0 Å². The highest BCUT2D eigenvalue weighted by Crippen LogP contribution is 2.47. The minimum atomic E-state index is 0.684. The van der Waals surface area contributed by atoms with E-state index in [-0.39, 0.29) is 0 Å². The van der Waals surface area contributed by atoms with Gasteiger partial charge in [0.15, 0.2) is 0 Å². The molecule has 3 nitrogen and oxygen atoms in total. The Morgan fingerprint density at radius 3 is 2.07 bits per heavy atom. The average molecular weight is 578 g/mol. The van der Waals surface area contributed by atoms with E-state index in [0.29, 0.717) is 5.95 Å². The fourth-order valence-corrected chi connectivity index (χ4v) is 8.33. The van der Waals surface area contributed by atoms with Crippen LogP contribution in [-0.2, 0) is 0 Å². The fourth-order valence-electron chi connectivity index (χ4n) is 7.05. The molecule has 0 amide bonds. The summed E-state index contributed by atoms with van der Waals surface area (Å²) in [4.78, 5) is 10.7. The van der Waals surface area contributed by atoms with Crippen LogP contribution in [0.5, 0.6) is 0 Å². The van der Waals surface area contributed by atoms with Crippen molar-refractivity contribution in [2.24, 2.45) is 0 Å². The van der Waals surface area contributed by atoms with Gasteiger partial charge in [0.05, 0.1) is 22.2 Å². The van der Waals surface area contributed by atoms with Gasteiger partial charge in [-0.15, -0.1) is 11.3 Å². The van der Waals surface area contributed by atoms with Crippen LogP contribution in [0.15, 0.2) is 140 Å². The SMILES string of the molecule is c1ccc2cc(-c3nc(-n4c5ccccc5c5c6sc7ccccc7c6c6ccccc6c54)nc4ccccc34)ccc2c1. The molecule has 44 heavy (non-hydrogen) atoms. The lowest BCUT2D eigenvalue weighted by Gasteiger charge is -2.13. The van der Waals surface area contributed by atoms with Crippen LogP contribution in [0.1, 0.15) is 0 Å². The second-order valence-electron chi connectivity index (χ2n) is 11.4. The van der Waals surface area contributed by atoms with Crippen LogP contribution in [0.4, 0.5) is 0 Å². The van der Waals surface area contributed by atoms with E-state index in [4.69, 9.17) is 9.97 Å². The van der Waals surface area contributed by atoms with Gasteiger partial charge in [-0.05, 0) is 40.4 Å². The van der Waals surface area contributed by atoms with Crippen molar-refractivity contribution in [3.8, 4) is 17.2 Å². The van der Waals surface area contributed by atoms with Crippen molar-refractivity contribution >= 4 is 85.8 Å². The summed E-state index contributed by atoms with van der Waals surface area (Å²) in [6.07, 6.45) is 0. The largest absolute Gasteiger partial charge is 0.277 e. The number of benzene rings is 7. The van der Waals surface area contributed by atoms with Crippen molar-refractivity contribution in [2.45, 2.75) is 0 Å². The number of aromatic nitrogens is 3. The third kappa shape index (κ3) is 3.26. The highest BCUT2D eigenvalue weighted by Gasteiger charge is 2.23. The molecule has 3 aromatic heterocycles. The Kier molecular flexibility index (Phi) is 4.87. The number of nitrogens with zero attached hydrogens (tertiary/aromatic N) is 3. The molecule has 0 spiro atoms. The van der Waals surface area contributed by atoms with Crippen molar-refractivity contribution in [1.82, 2.24) is 14.5 Å². The predicted octanol–water partition coefficient (Wildman–Crippen LogP) is 11.1.